The molecule has 0 saturated heterocycles. The minimum atomic E-state index is 0.223. The van der Waals surface area contributed by atoms with Crippen LogP contribution < -0.4 is 0 Å². The molecule has 0 unspecified atom stereocenters. The van der Waals surface area contributed by atoms with Gasteiger partial charge in [0, 0.05) is 0 Å². The van der Waals surface area contributed by atoms with Gasteiger partial charge < -0.3 is 0 Å². The fourth-order valence-electron chi connectivity index (χ4n) is 1.03. The SMILES string of the molecule is C[CH2][Mg][CH2]c1ccccc1. The van der Waals surface area contributed by atoms with E-state index in [2.05, 4.69) is 37.3 Å². The van der Waals surface area contributed by atoms with Crippen molar-refractivity contribution in [1.82, 2.24) is 0 Å². The quantitative estimate of drug-likeness (QED) is 0.571. The number of rotatable bonds is 3. The lowest BCUT2D eigenvalue weighted by Gasteiger charge is -1.94. The van der Waals surface area contributed by atoms with Crippen LogP contribution in [0, 0.1) is 0 Å². The van der Waals surface area contributed by atoms with Gasteiger partial charge in [0.25, 0.3) is 0 Å². The smallest absolute Gasteiger partial charge is 0.148 e. The van der Waals surface area contributed by atoms with E-state index in [0.29, 0.717) is 0 Å². The van der Waals surface area contributed by atoms with Crippen molar-refractivity contribution in [3.63, 3.8) is 0 Å². The Morgan fingerprint density at radius 1 is 1.20 bits per heavy atom. The van der Waals surface area contributed by atoms with Crippen molar-refractivity contribution in [2.24, 2.45) is 0 Å². The van der Waals surface area contributed by atoms with Gasteiger partial charge in [-0.2, -0.15) is 0 Å². The summed E-state index contributed by atoms with van der Waals surface area (Å²) in [5.74, 6) is 0. The van der Waals surface area contributed by atoms with Crippen molar-refractivity contribution in [1.29, 1.82) is 0 Å². The Morgan fingerprint density at radius 2 is 1.90 bits per heavy atom. The molecule has 0 spiro atoms. The number of hydrogen-bond donors (Lipinski definition) is 0. The maximum absolute atomic E-state index is 2.29. The molecule has 0 atom stereocenters. The zero-order valence-electron chi connectivity index (χ0n) is 6.51. The van der Waals surface area contributed by atoms with Crippen LogP contribution in [0.2, 0.25) is 4.55 Å². The predicted molar refractivity (Wildman–Crippen MR) is 46.4 cm³/mol. The molecule has 10 heavy (non-hydrogen) atoms. The summed E-state index contributed by atoms with van der Waals surface area (Å²) in [4.78, 5) is 0. The fourth-order valence-corrected chi connectivity index (χ4v) is 2.12. The van der Waals surface area contributed by atoms with E-state index in [0.717, 1.165) is 0 Å². The summed E-state index contributed by atoms with van der Waals surface area (Å²) < 4.78 is 2.80. The third-order valence-electron chi connectivity index (χ3n) is 1.66. The summed E-state index contributed by atoms with van der Waals surface area (Å²) in [6.07, 6.45) is 0. The summed E-state index contributed by atoms with van der Waals surface area (Å²) in [7, 11) is 0. The molecule has 0 aliphatic rings. The minimum absolute atomic E-state index is 0.223. The normalized spacial score (nSPS) is 8.90. The standard InChI is InChI=1S/C7H7.C2H5.Mg/c1-7-5-3-2-4-6-7;1-2;/h2-6H,1H2;1H2,2H3;. The van der Waals surface area contributed by atoms with Crippen molar-refractivity contribution in [2.75, 3.05) is 0 Å². The molecule has 1 aromatic carbocycles. The summed E-state index contributed by atoms with van der Waals surface area (Å²) in [5.41, 5.74) is 1.52. The first-order chi connectivity index (χ1) is 4.93. The van der Waals surface area contributed by atoms with Crippen molar-refractivity contribution in [3.05, 3.63) is 35.9 Å². The fraction of sp³-hybridized carbons (Fsp3) is 0.333. The van der Waals surface area contributed by atoms with Gasteiger partial charge in [0.1, 0.15) is 0 Å². The molecule has 0 aliphatic heterocycles. The molecule has 0 N–H and O–H groups in total. The molecule has 0 bridgehead atoms. The third kappa shape index (κ3) is 2.71. The number of hydrogen-bond acceptors (Lipinski definition) is 0. The molecular formula is C9H12Mg. The van der Waals surface area contributed by atoms with E-state index in [1.807, 2.05) is 0 Å². The van der Waals surface area contributed by atoms with Crippen LogP contribution in [0.25, 0.3) is 0 Å². The highest BCUT2D eigenvalue weighted by Crippen LogP contribution is 1.98. The molecule has 0 heterocycles. The molecule has 50 valence electrons. The Kier molecular flexibility index (Phi) is 3.84. The molecule has 1 heteroatoms. The molecule has 1 rings (SSSR count). The molecule has 0 saturated carbocycles. The van der Waals surface area contributed by atoms with Crippen LogP contribution in [0.15, 0.2) is 30.3 Å². The highest BCUT2D eigenvalue weighted by Gasteiger charge is 1.92. The summed E-state index contributed by atoms with van der Waals surface area (Å²) >= 11 is 0.223. The Bertz CT molecular complexity index is 169. The molecule has 0 aromatic heterocycles. The predicted octanol–water partition coefficient (Wildman–Crippen LogP) is 2.33. The van der Waals surface area contributed by atoms with E-state index in [-0.39, 0.29) is 20.4 Å². The summed E-state index contributed by atoms with van der Waals surface area (Å²) in [6, 6.07) is 10.8. The van der Waals surface area contributed by atoms with Crippen molar-refractivity contribution >= 4 is 20.4 Å². The Labute approximate surface area is 72.4 Å². The Balaban J connectivity index is 2.43. The maximum Gasteiger partial charge on any atom is 0.370 e. The van der Waals surface area contributed by atoms with Gasteiger partial charge in [-0.3, -0.25) is 0 Å². The van der Waals surface area contributed by atoms with Crippen molar-refractivity contribution < 1.29 is 0 Å². The zero-order chi connectivity index (χ0) is 7.23. The lowest BCUT2D eigenvalue weighted by Crippen LogP contribution is -1.92. The van der Waals surface area contributed by atoms with Gasteiger partial charge in [0.2, 0.25) is 0 Å². The first-order valence-corrected chi connectivity index (χ1v) is 5.97. The summed E-state index contributed by atoms with van der Waals surface area (Å²) in [5, 5.41) is 0. The lowest BCUT2D eigenvalue weighted by molar-refractivity contribution is 1.33. The van der Waals surface area contributed by atoms with E-state index in [4.69, 9.17) is 0 Å². The van der Waals surface area contributed by atoms with Gasteiger partial charge in [-0.1, -0.05) is 42.8 Å². The van der Waals surface area contributed by atoms with Gasteiger partial charge in [-0.15, -0.1) is 9.10 Å². The topological polar surface area (TPSA) is 0 Å². The second-order valence-corrected chi connectivity index (χ2v) is 4.80. The molecule has 0 aliphatic carbocycles. The van der Waals surface area contributed by atoms with Crippen LogP contribution in [0.5, 0.6) is 0 Å². The average molecular weight is 144 g/mol. The van der Waals surface area contributed by atoms with Crippen LogP contribution in [0.1, 0.15) is 12.5 Å². The molecular weight excluding hydrogens is 132 g/mol. The monoisotopic (exact) mass is 144 g/mol. The highest BCUT2D eigenvalue weighted by molar-refractivity contribution is 6.34. The van der Waals surface area contributed by atoms with E-state index >= 15 is 0 Å². The van der Waals surface area contributed by atoms with Crippen LogP contribution >= 0.6 is 0 Å². The van der Waals surface area contributed by atoms with Crippen molar-refractivity contribution in [2.45, 2.75) is 16.0 Å². The minimum Gasteiger partial charge on any atom is -0.148 e. The van der Waals surface area contributed by atoms with Crippen LogP contribution in [0.4, 0.5) is 0 Å². The first kappa shape index (κ1) is 8.09. The third-order valence-corrected chi connectivity index (χ3v) is 3.30. The zero-order valence-corrected chi connectivity index (χ0v) is 7.92. The van der Waals surface area contributed by atoms with Gasteiger partial charge in [-0.05, 0) is 0 Å². The summed E-state index contributed by atoms with van der Waals surface area (Å²) in [6.45, 7) is 2.29. The average Bonchev–Trinajstić information content (AvgIpc) is 2.03. The Hall–Kier alpha value is -0.0138. The van der Waals surface area contributed by atoms with Crippen LogP contribution in [-0.2, 0) is 4.55 Å². The number of benzene rings is 1. The van der Waals surface area contributed by atoms with Crippen LogP contribution in [0.3, 0.4) is 0 Å². The largest absolute Gasteiger partial charge is 0.370 e. The lowest BCUT2D eigenvalue weighted by atomic mass is 10.2. The molecule has 0 fully saturated rings. The second-order valence-electron chi connectivity index (χ2n) is 2.59. The van der Waals surface area contributed by atoms with Gasteiger partial charge in [0.05, 0.1) is 0 Å². The first-order valence-electron chi connectivity index (χ1n) is 3.97. The molecule has 0 nitrogen and oxygen atoms in total. The van der Waals surface area contributed by atoms with Crippen LogP contribution in [-0.4, -0.2) is 20.4 Å². The van der Waals surface area contributed by atoms with E-state index in [9.17, 15) is 0 Å². The van der Waals surface area contributed by atoms with E-state index in [1.54, 1.807) is 0 Å². The van der Waals surface area contributed by atoms with E-state index < -0.39 is 0 Å². The molecule has 0 radical (unpaired) electrons. The Morgan fingerprint density at radius 3 is 2.50 bits per heavy atom. The van der Waals surface area contributed by atoms with Gasteiger partial charge >= 0.3 is 20.4 Å². The van der Waals surface area contributed by atoms with Gasteiger partial charge in [0.15, 0.2) is 0 Å². The maximum atomic E-state index is 2.29. The molecule has 0 amide bonds. The second kappa shape index (κ2) is 4.75. The van der Waals surface area contributed by atoms with Crippen molar-refractivity contribution in [3.8, 4) is 0 Å². The van der Waals surface area contributed by atoms with Gasteiger partial charge in [-0.25, -0.2) is 0 Å². The van der Waals surface area contributed by atoms with E-state index in [1.165, 1.54) is 14.7 Å². The highest BCUT2D eigenvalue weighted by atomic mass is 24.5. The molecule has 1 aromatic rings.